The number of benzene rings is 1. The minimum Gasteiger partial charge on any atom is -0.477 e. The van der Waals surface area contributed by atoms with Gasteiger partial charge in [-0.3, -0.25) is 9.78 Å². The van der Waals surface area contributed by atoms with Gasteiger partial charge in [0.25, 0.3) is 5.91 Å². The first-order valence-electron chi connectivity index (χ1n) is 7.47. The molecule has 0 atom stereocenters. The van der Waals surface area contributed by atoms with Gasteiger partial charge in [-0.1, -0.05) is 22.9 Å². The van der Waals surface area contributed by atoms with Crippen LogP contribution in [0.4, 0.5) is 5.69 Å². The number of carbonyl (C=O) groups is 2. The van der Waals surface area contributed by atoms with Crippen LogP contribution in [0.25, 0.3) is 0 Å². The van der Waals surface area contributed by atoms with Crippen LogP contribution in [-0.2, 0) is 0 Å². The second-order valence-electron chi connectivity index (χ2n) is 5.32. The standard InChI is InChI=1S/C18H13ClN2O4S/c1-10-2-7-13(9-20-10)25-18-14(8-15(26-18)17(23)24)21-16(22)11-3-5-12(19)6-4-11/h2-9H,1H3,(H,21,22)(H,23,24). The molecule has 1 aromatic carbocycles. The van der Waals surface area contributed by atoms with E-state index in [9.17, 15) is 14.7 Å². The molecule has 26 heavy (non-hydrogen) atoms. The van der Waals surface area contributed by atoms with E-state index in [-0.39, 0.29) is 15.6 Å². The number of nitrogens with zero attached hydrogens (tertiary/aromatic N) is 1. The van der Waals surface area contributed by atoms with Crippen LogP contribution in [0, 0.1) is 6.92 Å². The molecular weight excluding hydrogens is 376 g/mol. The first-order valence-corrected chi connectivity index (χ1v) is 8.66. The number of hydrogen-bond acceptors (Lipinski definition) is 5. The lowest BCUT2D eigenvalue weighted by atomic mass is 10.2. The van der Waals surface area contributed by atoms with Crippen molar-refractivity contribution in [1.29, 1.82) is 0 Å². The Morgan fingerprint density at radius 2 is 1.92 bits per heavy atom. The molecule has 0 unspecified atom stereocenters. The Morgan fingerprint density at radius 1 is 1.19 bits per heavy atom. The Labute approximate surface area is 158 Å². The predicted molar refractivity (Wildman–Crippen MR) is 99.7 cm³/mol. The highest BCUT2D eigenvalue weighted by Crippen LogP contribution is 2.38. The third kappa shape index (κ3) is 4.19. The molecular formula is C18H13ClN2O4S. The number of aryl methyl sites for hydroxylation is 1. The van der Waals surface area contributed by atoms with Crippen LogP contribution in [0.1, 0.15) is 25.7 Å². The van der Waals surface area contributed by atoms with Gasteiger partial charge in [-0.25, -0.2) is 4.79 Å². The van der Waals surface area contributed by atoms with Crippen molar-refractivity contribution in [1.82, 2.24) is 4.98 Å². The van der Waals surface area contributed by atoms with Gasteiger partial charge in [-0.2, -0.15) is 0 Å². The summed E-state index contributed by atoms with van der Waals surface area (Å²) in [6.45, 7) is 1.84. The number of halogens is 1. The van der Waals surface area contributed by atoms with Gasteiger partial charge in [0.2, 0.25) is 5.06 Å². The minimum atomic E-state index is -1.10. The average molecular weight is 389 g/mol. The van der Waals surface area contributed by atoms with Gasteiger partial charge in [0, 0.05) is 16.3 Å². The van der Waals surface area contributed by atoms with Gasteiger partial charge >= 0.3 is 5.97 Å². The number of rotatable bonds is 5. The zero-order valence-electron chi connectivity index (χ0n) is 13.5. The summed E-state index contributed by atoms with van der Waals surface area (Å²) in [6.07, 6.45) is 1.53. The predicted octanol–water partition coefficient (Wildman–Crippen LogP) is 4.85. The lowest BCUT2D eigenvalue weighted by molar-refractivity contribution is 0.0702. The molecule has 0 bridgehead atoms. The molecule has 2 N–H and O–H groups in total. The number of pyridine rings is 1. The molecule has 2 heterocycles. The van der Waals surface area contributed by atoms with Gasteiger partial charge in [0.1, 0.15) is 10.6 Å². The van der Waals surface area contributed by atoms with Crippen molar-refractivity contribution >= 4 is 40.5 Å². The maximum atomic E-state index is 12.4. The van der Waals surface area contributed by atoms with E-state index < -0.39 is 11.9 Å². The van der Waals surface area contributed by atoms with E-state index in [2.05, 4.69) is 10.3 Å². The van der Waals surface area contributed by atoms with E-state index in [1.165, 1.54) is 12.3 Å². The summed E-state index contributed by atoms with van der Waals surface area (Å²) < 4.78 is 5.71. The first kappa shape index (κ1) is 17.9. The Balaban J connectivity index is 1.87. The number of ether oxygens (including phenoxy) is 1. The van der Waals surface area contributed by atoms with Crippen LogP contribution in [0.2, 0.25) is 5.02 Å². The van der Waals surface area contributed by atoms with E-state index in [4.69, 9.17) is 16.3 Å². The third-order valence-electron chi connectivity index (χ3n) is 3.36. The highest BCUT2D eigenvalue weighted by Gasteiger charge is 2.18. The zero-order valence-corrected chi connectivity index (χ0v) is 15.1. The normalized spacial score (nSPS) is 10.4. The molecule has 0 aliphatic rings. The number of carbonyl (C=O) groups excluding carboxylic acids is 1. The fourth-order valence-electron chi connectivity index (χ4n) is 2.06. The van der Waals surface area contributed by atoms with Crippen LogP contribution in [0.3, 0.4) is 0 Å². The molecule has 0 saturated heterocycles. The molecule has 0 radical (unpaired) electrons. The van der Waals surface area contributed by atoms with Crippen molar-refractivity contribution in [2.75, 3.05) is 5.32 Å². The Bertz CT molecular complexity index is 952. The molecule has 0 aliphatic carbocycles. The Kier molecular flexibility index (Phi) is 5.20. The second-order valence-corrected chi connectivity index (χ2v) is 6.77. The van der Waals surface area contributed by atoms with Crippen molar-refractivity contribution in [2.24, 2.45) is 0 Å². The van der Waals surface area contributed by atoms with E-state index in [1.807, 2.05) is 6.92 Å². The van der Waals surface area contributed by atoms with Crippen molar-refractivity contribution < 1.29 is 19.4 Å². The number of hydrogen-bond donors (Lipinski definition) is 2. The van der Waals surface area contributed by atoms with Gasteiger partial charge < -0.3 is 15.2 Å². The largest absolute Gasteiger partial charge is 0.477 e. The highest BCUT2D eigenvalue weighted by molar-refractivity contribution is 7.16. The number of nitrogens with one attached hydrogen (secondary N) is 1. The maximum Gasteiger partial charge on any atom is 0.346 e. The third-order valence-corrected chi connectivity index (χ3v) is 4.61. The molecule has 8 heteroatoms. The van der Waals surface area contributed by atoms with E-state index in [0.29, 0.717) is 16.3 Å². The summed E-state index contributed by atoms with van der Waals surface area (Å²) >= 11 is 6.74. The molecule has 3 rings (SSSR count). The number of carboxylic acids is 1. The highest BCUT2D eigenvalue weighted by atomic mass is 35.5. The zero-order chi connectivity index (χ0) is 18.7. The van der Waals surface area contributed by atoms with Gasteiger partial charge in [0.15, 0.2) is 0 Å². The Hall–Kier alpha value is -2.90. The monoisotopic (exact) mass is 388 g/mol. The van der Waals surface area contributed by atoms with Gasteiger partial charge in [0.05, 0.1) is 11.9 Å². The lowest BCUT2D eigenvalue weighted by Crippen LogP contribution is -2.11. The van der Waals surface area contributed by atoms with Crippen molar-refractivity contribution in [2.45, 2.75) is 6.92 Å². The summed E-state index contributed by atoms with van der Waals surface area (Å²) in [7, 11) is 0. The summed E-state index contributed by atoms with van der Waals surface area (Å²) in [5.41, 5.74) is 1.49. The van der Waals surface area contributed by atoms with E-state index in [1.54, 1.807) is 36.4 Å². The summed E-state index contributed by atoms with van der Waals surface area (Å²) in [4.78, 5) is 27.8. The quantitative estimate of drug-likeness (QED) is 0.652. The molecule has 0 aliphatic heterocycles. The molecule has 3 aromatic rings. The van der Waals surface area contributed by atoms with Crippen LogP contribution < -0.4 is 10.1 Å². The summed E-state index contributed by atoms with van der Waals surface area (Å²) in [5, 5.41) is 12.7. The first-order chi connectivity index (χ1) is 12.4. The maximum absolute atomic E-state index is 12.4. The average Bonchev–Trinajstić information content (AvgIpc) is 3.00. The smallest absolute Gasteiger partial charge is 0.346 e. The van der Waals surface area contributed by atoms with Gasteiger partial charge in [-0.05, 0) is 49.4 Å². The SMILES string of the molecule is Cc1ccc(Oc2sc(C(=O)O)cc2NC(=O)c2ccc(Cl)cc2)cn1. The lowest BCUT2D eigenvalue weighted by Gasteiger charge is -2.08. The molecule has 2 aromatic heterocycles. The number of thiophene rings is 1. The van der Waals surface area contributed by atoms with Crippen molar-refractivity contribution in [3.8, 4) is 10.8 Å². The van der Waals surface area contributed by atoms with Gasteiger partial charge in [-0.15, -0.1) is 0 Å². The number of aromatic nitrogens is 1. The number of aromatic carboxylic acids is 1. The second kappa shape index (κ2) is 7.55. The molecule has 0 fully saturated rings. The number of amides is 1. The fourth-order valence-corrected chi connectivity index (χ4v) is 3.01. The topological polar surface area (TPSA) is 88.5 Å². The molecule has 0 saturated carbocycles. The van der Waals surface area contributed by atoms with Crippen LogP contribution in [0.5, 0.6) is 10.8 Å². The summed E-state index contributed by atoms with van der Waals surface area (Å²) in [6, 6.07) is 11.2. The number of carboxylic acid groups (broad SMARTS) is 1. The van der Waals surface area contributed by atoms with Crippen LogP contribution in [-0.4, -0.2) is 22.0 Å². The van der Waals surface area contributed by atoms with Crippen molar-refractivity contribution in [3.05, 3.63) is 69.8 Å². The Morgan fingerprint density at radius 3 is 2.54 bits per heavy atom. The molecule has 0 spiro atoms. The van der Waals surface area contributed by atoms with E-state index in [0.717, 1.165) is 17.0 Å². The van der Waals surface area contributed by atoms with Crippen molar-refractivity contribution in [3.63, 3.8) is 0 Å². The van der Waals surface area contributed by atoms with E-state index >= 15 is 0 Å². The summed E-state index contributed by atoms with van der Waals surface area (Å²) in [5.74, 6) is -1.06. The van der Waals surface area contributed by atoms with Crippen LogP contribution in [0.15, 0.2) is 48.7 Å². The number of anilines is 1. The fraction of sp³-hybridized carbons (Fsp3) is 0.0556. The molecule has 132 valence electrons. The molecule has 6 nitrogen and oxygen atoms in total. The molecule has 1 amide bonds. The minimum absolute atomic E-state index is 0.0477. The van der Waals surface area contributed by atoms with Crippen LogP contribution >= 0.6 is 22.9 Å².